The standard InChI is InChI=1S/C19H26FN3O3/c1-21-9-10-22(12-15-3-2-4-16(20)11-15)14-19(21)6-5-17(24)23(8-7-19)13-18(25)26/h2-4,11H,5-10,12-14H2,1H3,(H,25,26)/t19-/m1/s1. The van der Waals surface area contributed by atoms with Crippen LogP contribution in [-0.4, -0.2) is 77.0 Å². The summed E-state index contributed by atoms with van der Waals surface area (Å²) in [5, 5.41) is 9.01. The van der Waals surface area contributed by atoms with Gasteiger partial charge in [0.05, 0.1) is 0 Å². The van der Waals surface area contributed by atoms with Gasteiger partial charge in [0, 0.05) is 44.7 Å². The predicted molar refractivity (Wildman–Crippen MR) is 95.1 cm³/mol. The van der Waals surface area contributed by atoms with Gasteiger partial charge < -0.3 is 10.0 Å². The first kappa shape index (κ1) is 18.8. The van der Waals surface area contributed by atoms with Gasteiger partial charge >= 0.3 is 5.97 Å². The van der Waals surface area contributed by atoms with Crippen molar-refractivity contribution in [3.8, 4) is 0 Å². The van der Waals surface area contributed by atoms with Crippen molar-refractivity contribution in [1.82, 2.24) is 14.7 Å². The summed E-state index contributed by atoms with van der Waals surface area (Å²) in [6, 6.07) is 6.67. The molecule has 1 spiro atoms. The predicted octanol–water partition coefficient (Wildman–Crippen LogP) is 1.41. The van der Waals surface area contributed by atoms with Crippen LogP contribution in [0.25, 0.3) is 0 Å². The van der Waals surface area contributed by atoms with Crippen LogP contribution >= 0.6 is 0 Å². The van der Waals surface area contributed by atoms with Crippen LogP contribution in [0.3, 0.4) is 0 Å². The number of carbonyl (C=O) groups is 2. The Balaban J connectivity index is 1.71. The smallest absolute Gasteiger partial charge is 0.323 e. The number of rotatable bonds is 4. The number of piperazine rings is 1. The van der Waals surface area contributed by atoms with Crippen molar-refractivity contribution in [1.29, 1.82) is 0 Å². The van der Waals surface area contributed by atoms with E-state index in [9.17, 15) is 14.0 Å². The molecule has 6 nitrogen and oxygen atoms in total. The van der Waals surface area contributed by atoms with Crippen LogP contribution in [-0.2, 0) is 16.1 Å². The summed E-state index contributed by atoms with van der Waals surface area (Å²) in [6.45, 7) is 3.48. The maximum Gasteiger partial charge on any atom is 0.323 e. The van der Waals surface area contributed by atoms with Gasteiger partial charge in [-0.05, 0) is 37.6 Å². The molecule has 26 heavy (non-hydrogen) atoms. The molecule has 2 aliphatic heterocycles. The number of benzene rings is 1. The zero-order valence-electron chi connectivity index (χ0n) is 15.2. The molecule has 3 rings (SSSR count). The first-order chi connectivity index (χ1) is 12.4. The van der Waals surface area contributed by atoms with Crippen LogP contribution in [0.1, 0.15) is 24.8 Å². The quantitative estimate of drug-likeness (QED) is 0.876. The number of carboxylic acid groups (broad SMARTS) is 1. The molecule has 1 amide bonds. The summed E-state index contributed by atoms with van der Waals surface area (Å²) in [7, 11) is 2.08. The maximum atomic E-state index is 13.5. The molecule has 1 aromatic carbocycles. The van der Waals surface area contributed by atoms with Crippen molar-refractivity contribution in [2.75, 3.05) is 39.8 Å². The molecule has 1 aromatic rings. The third-order valence-electron chi connectivity index (χ3n) is 5.70. The lowest BCUT2D eigenvalue weighted by molar-refractivity contribution is -0.144. The number of hydrogen-bond acceptors (Lipinski definition) is 4. The molecule has 0 bridgehead atoms. The molecular weight excluding hydrogens is 337 g/mol. The number of amides is 1. The second-order valence-corrected chi connectivity index (χ2v) is 7.45. The first-order valence-electron chi connectivity index (χ1n) is 9.06. The molecule has 7 heteroatoms. The molecule has 0 unspecified atom stereocenters. The van der Waals surface area contributed by atoms with E-state index >= 15 is 0 Å². The summed E-state index contributed by atoms with van der Waals surface area (Å²) in [5.74, 6) is -1.28. The Labute approximate surface area is 153 Å². The van der Waals surface area contributed by atoms with Crippen LogP contribution in [0, 0.1) is 5.82 Å². The average molecular weight is 363 g/mol. The van der Waals surface area contributed by atoms with Crippen molar-refractivity contribution < 1.29 is 19.1 Å². The van der Waals surface area contributed by atoms with Crippen molar-refractivity contribution in [2.45, 2.75) is 31.3 Å². The van der Waals surface area contributed by atoms with Crippen molar-refractivity contribution in [3.63, 3.8) is 0 Å². The molecule has 2 saturated heterocycles. The third-order valence-corrected chi connectivity index (χ3v) is 5.70. The first-order valence-corrected chi connectivity index (χ1v) is 9.06. The fraction of sp³-hybridized carbons (Fsp3) is 0.579. The van der Waals surface area contributed by atoms with Gasteiger partial charge in [0.25, 0.3) is 0 Å². The van der Waals surface area contributed by atoms with Gasteiger partial charge in [0.2, 0.25) is 5.91 Å². The van der Waals surface area contributed by atoms with Crippen LogP contribution in [0.2, 0.25) is 0 Å². The van der Waals surface area contributed by atoms with Gasteiger partial charge in [-0.15, -0.1) is 0 Å². The van der Waals surface area contributed by atoms with Gasteiger partial charge in [-0.25, -0.2) is 4.39 Å². The summed E-state index contributed by atoms with van der Waals surface area (Å²) >= 11 is 0. The second-order valence-electron chi connectivity index (χ2n) is 7.45. The number of likely N-dealkylation sites (tertiary alicyclic amines) is 1. The monoisotopic (exact) mass is 363 g/mol. The van der Waals surface area contributed by atoms with E-state index in [0.29, 0.717) is 19.5 Å². The summed E-state index contributed by atoms with van der Waals surface area (Å²) in [4.78, 5) is 29.4. The SMILES string of the molecule is CN1CCN(Cc2cccc(F)c2)C[C@]12CCC(=O)N(CC(=O)O)CC2. The summed E-state index contributed by atoms with van der Waals surface area (Å²) < 4.78 is 13.5. The Morgan fingerprint density at radius 2 is 2.08 bits per heavy atom. The highest BCUT2D eigenvalue weighted by Gasteiger charge is 2.42. The van der Waals surface area contributed by atoms with E-state index in [0.717, 1.165) is 38.0 Å². The number of carboxylic acids is 1. The van der Waals surface area contributed by atoms with Crippen molar-refractivity contribution in [2.24, 2.45) is 0 Å². The summed E-state index contributed by atoms with van der Waals surface area (Å²) in [6.07, 6.45) is 1.84. The fourth-order valence-corrected chi connectivity index (χ4v) is 4.13. The van der Waals surface area contributed by atoms with Crippen LogP contribution in [0.15, 0.2) is 24.3 Å². The van der Waals surface area contributed by atoms with Crippen LogP contribution < -0.4 is 0 Å². The molecule has 0 saturated carbocycles. The van der Waals surface area contributed by atoms with E-state index in [2.05, 4.69) is 16.8 Å². The molecule has 0 radical (unpaired) electrons. The lowest BCUT2D eigenvalue weighted by Gasteiger charge is -2.49. The number of aliphatic carboxylic acids is 1. The molecule has 1 N–H and O–H groups in total. The molecule has 2 fully saturated rings. The average Bonchev–Trinajstić information content (AvgIpc) is 2.73. The Hall–Kier alpha value is -1.99. The number of halogens is 1. The molecular formula is C19H26FN3O3. The molecule has 0 aromatic heterocycles. The molecule has 2 heterocycles. The molecule has 142 valence electrons. The van der Waals surface area contributed by atoms with E-state index < -0.39 is 5.97 Å². The minimum absolute atomic E-state index is 0.0834. The van der Waals surface area contributed by atoms with Crippen LogP contribution in [0.5, 0.6) is 0 Å². The lowest BCUT2D eigenvalue weighted by atomic mass is 9.86. The number of carbonyl (C=O) groups excluding carboxylic acids is 1. The van der Waals surface area contributed by atoms with Crippen LogP contribution in [0.4, 0.5) is 4.39 Å². The third kappa shape index (κ3) is 4.22. The Kier molecular flexibility index (Phi) is 5.58. The molecule has 2 aliphatic rings. The fourth-order valence-electron chi connectivity index (χ4n) is 4.13. The second kappa shape index (κ2) is 7.72. The van der Waals surface area contributed by atoms with Crippen molar-refractivity contribution >= 4 is 11.9 Å². The highest BCUT2D eigenvalue weighted by Crippen LogP contribution is 2.32. The minimum atomic E-state index is -0.973. The number of hydrogen-bond donors (Lipinski definition) is 1. The Morgan fingerprint density at radius 3 is 2.81 bits per heavy atom. The van der Waals surface area contributed by atoms with E-state index in [1.165, 1.54) is 11.0 Å². The lowest BCUT2D eigenvalue weighted by Crippen LogP contribution is -2.60. The van der Waals surface area contributed by atoms with Gasteiger partial charge in [0.15, 0.2) is 0 Å². The largest absolute Gasteiger partial charge is 0.480 e. The topological polar surface area (TPSA) is 64.1 Å². The Morgan fingerprint density at radius 1 is 1.27 bits per heavy atom. The number of nitrogens with zero attached hydrogens (tertiary/aromatic N) is 3. The van der Waals surface area contributed by atoms with E-state index in [1.54, 1.807) is 12.1 Å². The van der Waals surface area contributed by atoms with E-state index in [-0.39, 0.29) is 23.8 Å². The van der Waals surface area contributed by atoms with Gasteiger partial charge in [-0.2, -0.15) is 0 Å². The normalized spacial score (nSPS) is 25.5. The Bertz CT molecular complexity index is 684. The molecule has 0 aliphatic carbocycles. The molecule has 1 atom stereocenters. The van der Waals surface area contributed by atoms with Crippen molar-refractivity contribution in [3.05, 3.63) is 35.6 Å². The number of likely N-dealkylation sites (N-methyl/N-ethyl adjacent to an activating group) is 1. The maximum absolute atomic E-state index is 13.5. The highest BCUT2D eigenvalue weighted by molar-refractivity contribution is 5.81. The van der Waals surface area contributed by atoms with Gasteiger partial charge in [-0.3, -0.25) is 19.4 Å². The highest BCUT2D eigenvalue weighted by atomic mass is 19.1. The minimum Gasteiger partial charge on any atom is -0.480 e. The van der Waals surface area contributed by atoms with E-state index in [1.807, 2.05) is 6.07 Å². The zero-order chi connectivity index (χ0) is 18.7. The zero-order valence-corrected chi connectivity index (χ0v) is 15.2. The van der Waals surface area contributed by atoms with Gasteiger partial charge in [-0.1, -0.05) is 12.1 Å². The van der Waals surface area contributed by atoms with Gasteiger partial charge in [0.1, 0.15) is 12.4 Å². The van der Waals surface area contributed by atoms with E-state index in [4.69, 9.17) is 5.11 Å². The summed E-state index contributed by atoms with van der Waals surface area (Å²) in [5.41, 5.74) is 0.802.